The highest BCUT2D eigenvalue weighted by molar-refractivity contribution is 6.05. The van der Waals surface area contributed by atoms with Crippen LogP contribution < -0.4 is 5.32 Å². The van der Waals surface area contributed by atoms with E-state index in [2.05, 4.69) is 36.4 Å². The lowest BCUT2D eigenvalue weighted by Crippen LogP contribution is -2.52. The standard InChI is InChI=1S/C25H30N6O4/c1-15(2)12-25(3)9-4-10-30(25)24(35)19-14-31(28-27-19)17-6-5-16-13-29(23(34)18(16)11-17)20-7-8-21(32)26-22(20)33/h5-6,11,14-15,20H,4,7-10,12-13H2,1-3H3,(H,26,32,33). The topological polar surface area (TPSA) is 118 Å². The molecule has 3 aliphatic heterocycles. The molecule has 5 rings (SSSR count). The third kappa shape index (κ3) is 4.11. The Morgan fingerprint density at radius 3 is 2.80 bits per heavy atom. The summed E-state index contributed by atoms with van der Waals surface area (Å²) in [6.45, 7) is 7.49. The zero-order valence-electron chi connectivity index (χ0n) is 20.3. The highest BCUT2D eigenvalue weighted by Gasteiger charge is 2.41. The number of benzene rings is 1. The number of carbonyl (C=O) groups excluding carboxylic acids is 4. The van der Waals surface area contributed by atoms with Crippen molar-refractivity contribution in [1.29, 1.82) is 0 Å². The number of imide groups is 1. The van der Waals surface area contributed by atoms with Crippen LogP contribution in [-0.2, 0) is 16.1 Å². The van der Waals surface area contributed by atoms with Crippen molar-refractivity contribution in [3.63, 3.8) is 0 Å². The molecule has 4 amide bonds. The minimum atomic E-state index is -0.660. The van der Waals surface area contributed by atoms with Gasteiger partial charge in [-0.2, -0.15) is 0 Å². The van der Waals surface area contributed by atoms with Gasteiger partial charge < -0.3 is 9.80 Å². The Bertz CT molecular complexity index is 1220. The lowest BCUT2D eigenvalue weighted by Gasteiger charge is -2.36. The van der Waals surface area contributed by atoms with E-state index in [-0.39, 0.29) is 35.4 Å². The van der Waals surface area contributed by atoms with E-state index in [1.165, 1.54) is 9.58 Å². The number of nitrogens with one attached hydrogen (secondary N) is 1. The summed E-state index contributed by atoms with van der Waals surface area (Å²) in [5, 5.41) is 10.6. The van der Waals surface area contributed by atoms with E-state index in [1.807, 2.05) is 17.0 Å². The molecule has 10 nitrogen and oxygen atoms in total. The number of fused-ring (bicyclic) bond motifs is 1. The van der Waals surface area contributed by atoms with Gasteiger partial charge in [0.05, 0.1) is 11.9 Å². The summed E-state index contributed by atoms with van der Waals surface area (Å²) in [6, 6.07) is 4.71. The van der Waals surface area contributed by atoms with Crippen molar-refractivity contribution in [2.75, 3.05) is 6.54 Å². The smallest absolute Gasteiger partial charge is 0.276 e. The van der Waals surface area contributed by atoms with E-state index in [0.717, 1.165) is 24.8 Å². The van der Waals surface area contributed by atoms with Crippen LogP contribution in [0.5, 0.6) is 0 Å². The Morgan fingerprint density at radius 1 is 1.26 bits per heavy atom. The number of nitrogens with zero attached hydrogens (tertiary/aromatic N) is 5. The zero-order valence-corrected chi connectivity index (χ0v) is 20.3. The quantitative estimate of drug-likeness (QED) is 0.658. The van der Waals surface area contributed by atoms with Crippen LogP contribution in [0.3, 0.4) is 0 Å². The minimum absolute atomic E-state index is 0.127. The van der Waals surface area contributed by atoms with Crippen LogP contribution in [0.25, 0.3) is 5.69 Å². The molecule has 3 aliphatic rings. The Labute approximate surface area is 203 Å². The monoisotopic (exact) mass is 478 g/mol. The van der Waals surface area contributed by atoms with Gasteiger partial charge in [-0.15, -0.1) is 5.10 Å². The summed E-state index contributed by atoms with van der Waals surface area (Å²) < 4.78 is 1.51. The fourth-order valence-corrected chi connectivity index (χ4v) is 5.77. The van der Waals surface area contributed by atoms with Crippen LogP contribution in [0.1, 0.15) is 79.3 Å². The predicted octanol–water partition coefficient (Wildman–Crippen LogP) is 2.07. The molecule has 2 fully saturated rings. The van der Waals surface area contributed by atoms with Crippen LogP contribution in [0, 0.1) is 5.92 Å². The Balaban J connectivity index is 1.35. The molecule has 1 aromatic carbocycles. The van der Waals surface area contributed by atoms with Crippen LogP contribution in [0.15, 0.2) is 24.4 Å². The second kappa shape index (κ2) is 8.58. The first-order chi connectivity index (χ1) is 16.7. The van der Waals surface area contributed by atoms with Gasteiger partial charge in [0.15, 0.2) is 5.69 Å². The molecule has 2 saturated heterocycles. The summed E-state index contributed by atoms with van der Waals surface area (Å²) in [4.78, 5) is 53.6. The molecule has 2 atom stereocenters. The molecule has 10 heteroatoms. The molecule has 1 N–H and O–H groups in total. The van der Waals surface area contributed by atoms with Gasteiger partial charge in [-0.1, -0.05) is 25.1 Å². The van der Waals surface area contributed by atoms with Gasteiger partial charge in [0.2, 0.25) is 11.8 Å². The average Bonchev–Trinajstić information content (AvgIpc) is 3.51. The minimum Gasteiger partial charge on any atom is -0.332 e. The van der Waals surface area contributed by atoms with E-state index in [1.54, 1.807) is 12.3 Å². The van der Waals surface area contributed by atoms with Gasteiger partial charge in [0, 0.05) is 30.6 Å². The third-order valence-corrected chi connectivity index (χ3v) is 7.33. The molecule has 184 valence electrons. The molecule has 35 heavy (non-hydrogen) atoms. The molecular weight excluding hydrogens is 448 g/mol. The Morgan fingerprint density at radius 2 is 2.06 bits per heavy atom. The number of aromatic nitrogens is 3. The van der Waals surface area contributed by atoms with E-state index in [4.69, 9.17) is 0 Å². The SMILES string of the molecule is CC(C)CC1(C)CCCN1C(=O)c1cn(-c2ccc3c(c2)C(=O)N(C2CCC(=O)NC2=O)C3)nn1. The molecule has 2 aromatic rings. The number of amides is 4. The Kier molecular flexibility index (Phi) is 5.69. The molecule has 0 saturated carbocycles. The highest BCUT2D eigenvalue weighted by atomic mass is 16.2. The van der Waals surface area contributed by atoms with E-state index < -0.39 is 11.9 Å². The molecule has 0 bridgehead atoms. The number of hydrogen-bond donors (Lipinski definition) is 1. The Hall–Kier alpha value is -3.56. The molecule has 0 spiro atoms. The number of piperidine rings is 1. The summed E-state index contributed by atoms with van der Waals surface area (Å²) in [6.07, 6.45) is 5.02. The van der Waals surface area contributed by atoms with E-state index >= 15 is 0 Å². The second-order valence-corrected chi connectivity index (χ2v) is 10.4. The zero-order chi connectivity index (χ0) is 24.9. The van der Waals surface area contributed by atoms with Crippen LogP contribution >= 0.6 is 0 Å². The lowest BCUT2D eigenvalue weighted by molar-refractivity contribution is -0.136. The molecule has 0 radical (unpaired) electrons. The number of rotatable bonds is 5. The normalized spacial score (nSPS) is 24.3. The fraction of sp³-hybridized carbons (Fsp3) is 0.520. The maximum Gasteiger partial charge on any atom is 0.276 e. The highest BCUT2D eigenvalue weighted by Crippen LogP contribution is 2.35. The summed E-state index contributed by atoms with van der Waals surface area (Å²) in [7, 11) is 0. The van der Waals surface area contributed by atoms with Gasteiger partial charge in [0.1, 0.15) is 6.04 Å². The first kappa shape index (κ1) is 23.2. The van der Waals surface area contributed by atoms with Crippen molar-refractivity contribution in [2.45, 2.75) is 71.0 Å². The van der Waals surface area contributed by atoms with Crippen LogP contribution in [-0.4, -0.2) is 66.5 Å². The van der Waals surface area contributed by atoms with E-state index in [0.29, 0.717) is 36.7 Å². The first-order valence-corrected chi connectivity index (χ1v) is 12.2. The average molecular weight is 479 g/mol. The maximum absolute atomic E-state index is 13.3. The molecule has 0 aliphatic carbocycles. The third-order valence-electron chi connectivity index (χ3n) is 7.33. The summed E-state index contributed by atoms with van der Waals surface area (Å²) in [5.74, 6) is -0.652. The van der Waals surface area contributed by atoms with Crippen molar-refractivity contribution >= 4 is 23.6 Å². The van der Waals surface area contributed by atoms with E-state index in [9.17, 15) is 19.2 Å². The van der Waals surface area contributed by atoms with Crippen molar-refractivity contribution in [1.82, 2.24) is 30.1 Å². The van der Waals surface area contributed by atoms with Crippen molar-refractivity contribution < 1.29 is 19.2 Å². The van der Waals surface area contributed by atoms with Gasteiger partial charge >= 0.3 is 0 Å². The lowest BCUT2D eigenvalue weighted by atomic mass is 9.88. The van der Waals surface area contributed by atoms with Crippen molar-refractivity contribution in [3.8, 4) is 5.69 Å². The summed E-state index contributed by atoms with van der Waals surface area (Å²) in [5.41, 5.74) is 1.99. The maximum atomic E-state index is 13.3. The second-order valence-electron chi connectivity index (χ2n) is 10.4. The van der Waals surface area contributed by atoms with Crippen molar-refractivity contribution in [2.24, 2.45) is 5.92 Å². The molecule has 4 heterocycles. The van der Waals surface area contributed by atoms with Crippen molar-refractivity contribution in [3.05, 3.63) is 41.2 Å². The summed E-state index contributed by atoms with van der Waals surface area (Å²) >= 11 is 0. The predicted molar refractivity (Wildman–Crippen MR) is 126 cm³/mol. The number of carbonyl (C=O) groups is 4. The van der Waals surface area contributed by atoms with Gasteiger partial charge in [-0.25, -0.2) is 4.68 Å². The molecule has 2 unspecified atom stereocenters. The largest absolute Gasteiger partial charge is 0.332 e. The fourth-order valence-electron chi connectivity index (χ4n) is 5.77. The molecular formula is C25H30N6O4. The molecule has 1 aromatic heterocycles. The number of likely N-dealkylation sites (tertiary alicyclic amines) is 1. The van der Waals surface area contributed by atoms with Crippen LogP contribution in [0.2, 0.25) is 0 Å². The van der Waals surface area contributed by atoms with Gasteiger partial charge in [-0.05, 0) is 56.2 Å². The van der Waals surface area contributed by atoms with Gasteiger partial charge in [-0.3, -0.25) is 24.5 Å². The first-order valence-electron chi connectivity index (χ1n) is 12.2. The van der Waals surface area contributed by atoms with Gasteiger partial charge in [0.25, 0.3) is 11.8 Å². The number of hydrogen-bond acceptors (Lipinski definition) is 6. The van der Waals surface area contributed by atoms with Crippen LogP contribution in [0.4, 0.5) is 0 Å².